The maximum absolute atomic E-state index is 12.8. The van der Waals surface area contributed by atoms with E-state index in [0.717, 1.165) is 116 Å². The monoisotopic (exact) mass is 919 g/mol. The average molecular weight is 919 g/mol. The third-order valence-electron chi connectivity index (χ3n) is 11.6. The first-order valence-electron chi connectivity index (χ1n) is 27.6. The Kier molecular flexibility index (Phi) is 51.4. The molecule has 0 spiro atoms. The molecule has 66 heavy (non-hydrogen) atoms. The average Bonchev–Trinajstić information content (AvgIpc) is 3.31. The van der Waals surface area contributed by atoms with Crippen LogP contribution in [-0.2, 0) is 28.6 Å². The van der Waals surface area contributed by atoms with Crippen molar-refractivity contribution in [3.05, 3.63) is 85.1 Å². The molecule has 6 nitrogen and oxygen atoms in total. The predicted octanol–water partition coefficient (Wildman–Crippen LogP) is 18.4. The Morgan fingerprint density at radius 3 is 1.00 bits per heavy atom. The fourth-order valence-corrected chi connectivity index (χ4v) is 7.51. The molecular weight excluding hydrogens is 817 g/mol. The van der Waals surface area contributed by atoms with Gasteiger partial charge in [-0.15, -0.1) is 0 Å². The van der Waals surface area contributed by atoms with E-state index in [1.54, 1.807) is 0 Å². The second-order valence-corrected chi connectivity index (χ2v) is 18.1. The molecule has 0 aliphatic carbocycles. The molecule has 0 aromatic heterocycles. The van der Waals surface area contributed by atoms with Crippen molar-refractivity contribution in [2.24, 2.45) is 0 Å². The van der Waals surface area contributed by atoms with Crippen LogP contribution in [0, 0.1) is 0 Å². The molecule has 0 aromatic rings. The van der Waals surface area contributed by atoms with E-state index >= 15 is 0 Å². The Hall–Kier alpha value is -3.41. The number of allylic oxidation sites excluding steroid dienone is 14. The zero-order valence-corrected chi connectivity index (χ0v) is 43.2. The molecule has 0 heterocycles. The van der Waals surface area contributed by atoms with Gasteiger partial charge in [-0.3, -0.25) is 14.4 Å². The van der Waals surface area contributed by atoms with Crippen LogP contribution in [-0.4, -0.2) is 37.2 Å². The number of unbranched alkanes of at least 4 members (excludes halogenated alkanes) is 24. The van der Waals surface area contributed by atoms with Gasteiger partial charge < -0.3 is 14.2 Å². The standard InChI is InChI=1S/C60H102O6/c1-4-7-10-13-16-19-22-23-24-25-26-27-28-29-30-31-32-33-34-35-36-37-39-41-44-47-50-53-59(62)65-56-57(55-64-58(61)52-49-46-43-40-21-18-15-12-9-6-3)66-60(63)54-51-48-45-42-38-20-17-14-11-8-5-2/h7,10,12,15-16,19,23-24,26-27,29-30,32-33,57H,4-6,8-9,11,13-14,17-18,20-22,25,28,31,34-56H2,1-3H3/b10-7-,15-12-,19-16-,24-23-,27-26-,30-29-,33-32-. The number of hydrogen-bond donors (Lipinski definition) is 0. The van der Waals surface area contributed by atoms with E-state index in [0.29, 0.717) is 19.3 Å². The van der Waals surface area contributed by atoms with Crippen molar-refractivity contribution in [3.8, 4) is 0 Å². The van der Waals surface area contributed by atoms with Crippen molar-refractivity contribution in [3.63, 3.8) is 0 Å². The van der Waals surface area contributed by atoms with E-state index in [1.165, 1.54) is 103 Å². The van der Waals surface area contributed by atoms with Crippen LogP contribution in [0.2, 0.25) is 0 Å². The van der Waals surface area contributed by atoms with Gasteiger partial charge in [0.2, 0.25) is 0 Å². The summed E-state index contributed by atoms with van der Waals surface area (Å²) in [4.78, 5) is 37.9. The number of hydrogen-bond acceptors (Lipinski definition) is 6. The minimum absolute atomic E-state index is 0.0818. The molecule has 0 aliphatic heterocycles. The largest absolute Gasteiger partial charge is 0.462 e. The van der Waals surface area contributed by atoms with Gasteiger partial charge >= 0.3 is 17.9 Å². The first kappa shape index (κ1) is 62.6. The highest BCUT2D eigenvalue weighted by molar-refractivity contribution is 5.71. The maximum Gasteiger partial charge on any atom is 0.306 e. The highest BCUT2D eigenvalue weighted by Crippen LogP contribution is 2.15. The van der Waals surface area contributed by atoms with Gasteiger partial charge in [-0.05, 0) is 89.9 Å². The summed E-state index contributed by atoms with van der Waals surface area (Å²) in [5, 5.41) is 0. The second-order valence-electron chi connectivity index (χ2n) is 18.1. The molecule has 0 fully saturated rings. The maximum atomic E-state index is 12.8. The summed E-state index contributed by atoms with van der Waals surface area (Å²) in [5.41, 5.74) is 0. The first-order valence-corrected chi connectivity index (χ1v) is 27.6. The van der Waals surface area contributed by atoms with Crippen molar-refractivity contribution in [1.29, 1.82) is 0 Å². The van der Waals surface area contributed by atoms with Crippen LogP contribution in [0.15, 0.2) is 85.1 Å². The van der Waals surface area contributed by atoms with E-state index in [1.807, 2.05) is 0 Å². The van der Waals surface area contributed by atoms with Crippen molar-refractivity contribution in [2.45, 2.75) is 264 Å². The highest BCUT2D eigenvalue weighted by atomic mass is 16.6. The van der Waals surface area contributed by atoms with Crippen LogP contribution < -0.4 is 0 Å². The van der Waals surface area contributed by atoms with Crippen molar-refractivity contribution < 1.29 is 28.6 Å². The van der Waals surface area contributed by atoms with Gasteiger partial charge in [-0.25, -0.2) is 0 Å². The molecule has 1 unspecified atom stereocenters. The highest BCUT2D eigenvalue weighted by Gasteiger charge is 2.19. The third kappa shape index (κ3) is 51.6. The summed E-state index contributed by atoms with van der Waals surface area (Å²) >= 11 is 0. The van der Waals surface area contributed by atoms with Crippen molar-refractivity contribution >= 4 is 17.9 Å². The van der Waals surface area contributed by atoms with E-state index in [2.05, 4.69) is 106 Å². The van der Waals surface area contributed by atoms with Crippen LogP contribution in [0.5, 0.6) is 0 Å². The van der Waals surface area contributed by atoms with E-state index < -0.39 is 6.10 Å². The van der Waals surface area contributed by atoms with Gasteiger partial charge in [0, 0.05) is 19.3 Å². The van der Waals surface area contributed by atoms with Crippen LogP contribution in [0.25, 0.3) is 0 Å². The Morgan fingerprint density at radius 1 is 0.318 bits per heavy atom. The number of rotatable bonds is 49. The SMILES string of the molecule is CC/C=C\C/C=C\C/C=C\C/C=C\C/C=C\C/C=C\CCCCCCCCCCC(=O)OCC(COC(=O)CCCCCCC/C=C\CCC)OC(=O)CCCCCCCCCCCCC. The Morgan fingerprint density at radius 2 is 0.621 bits per heavy atom. The lowest BCUT2D eigenvalue weighted by Crippen LogP contribution is -2.30. The quantitative estimate of drug-likeness (QED) is 0.0262. The Balaban J connectivity index is 4.22. The molecule has 0 N–H and O–H groups in total. The zero-order valence-electron chi connectivity index (χ0n) is 43.2. The van der Waals surface area contributed by atoms with E-state index in [9.17, 15) is 14.4 Å². The predicted molar refractivity (Wildman–Crippen MR) is 284 cm³/mol. The van der Waals surface area contributed by atoms with Crippen LogP contribution in [0.3, 0.4) is 0 Å². The fourth-order valence-electron chi connectivity index (χ4n) is 7.51. The van der Waals surface area contributed by atoms with Crippen LogP contribution in [0.4, 0.5) is 0 Å². The smallest absolute Gasteiger partial charge is 0.306 e. The summed E-state index contributed by atoms with van der Waals surface area (Å²) in [6.45, 7) is 6.44. The molecule has 6 heteroatoms. The van der Waals surface area contributed by atoms with E-state index in [-0.39, 0.29) is 31.1 Å². The molecule has 0 radical (unpaired) electrons. The summed E-state index contributed by atoms with van der Waals surface area (Å²) < 4.78 is 16.8. The lowest BCUT2D eigenvalue weighted by atomic mass is 10.1. The molecule has 0 bridgehead atoms. The molecule has 1 atom stereocenters. The summed E-state index contributed by atoms with van der Waals surface area (Å²) in [6, 6.07) is 0. The molecule has 378 valence electrons. The number of carbonyl (C=O) groups is 3. The van der Waals surface area contributed by atoms with Gasteiger partial charge in [0.15, 0.2) is 6.10 Å². The molecular formula is C60H102O6. The lowest BCUT2D eigenvalue weighted by Gasteiger charge is -2.18. The van der Waals surface area contributed by atoms with Crippen LogP contribution in [0.1, 0.15) is 258 Å². The summed E-state index contributed by atoms with van der Waals surface area (Å²) in [6.07, 6.45) is 70.1. The number of ether oxygens (including phenoxy) is 3. The molecule has 0 amide bonds. The minimum atomic E-state index is -0.779. The minimum Gasteiger partial charge on any atom is -0.462 e. The number of carbonyl (C=O) groups excluding carboxylic acids is 3. The van der Waals surface area contributed by atoms with Gasteiger partial charge in [0.1, 0.15) is 13.2 Å². The third-order valence-corrected chi connectivity index (χ3v) is 11.6. The Bertz CT molecular complexity index is 1290. The van der Waals surface area contributed by atoms with Gasteiger partial charge in [0.05, 0.1) is 0 Å². The molecule has 0 aliphatic rings. The van der Waals surface area contributed by atoms with Gasteiger partial charge in [-0.2, -0.15) is 0 Å². The summed E-state index contributed by atoms with van der Waals surface area (Å²) in [7, 11) is 0. The fraction of sp³-hybridized carbons (Fsp3) is 0.717. The first-order chi connectivity index (χ1) is 32.5. The second kappa shape index (κ2) is 54.2. The molecule has 0 saturated heterocycles. The number of esters is 3. The molecule has 0 rings (SSSR count). The topological polar surface area (TPSA) is 78.9 Å². The Labute approximate surface area is 407 Å². The molecule has 0 aromatic carbocycles. The van der Waals surface area contributed by atoms with Crippen LogP contribution >= 0.6 is 0 Å². The normalized spacial score (nSPS) is 12.7. The van der Waals surface area contributed by atoms with Crippen molar-refractivity contribution in [2.75, 3.05) is 13.2 Å². The lowest BCUT2D eigenvalue weighted by molar-refractivity contribution is -0.167. The van der Waals surface area contributed by atoms with Gasteiger partial charge in [0.25, 0.3) is 0 Å². The van der Waals surface area contributed by atoms with Gasteiger partial charge in [-0.1, -0.05) is 234 Å². The van der Waals surface area contributed by atoms with Crippen molar-refractivity contribution in [1.82, 2.24) is 0 Å². The van der Waals surface area contributed by atoms with E-state index in [4.69, 9.17) is 14.2 Å². The molecule has 0 saturated carbocycles. The summed E-state index contributed by atoms with van der Waals surface area (Å²) in [5.74, 6) is -0.899. The zero-order chi connectivity index (χ0) is 47.9.